The highest BCUT2D eigenvalue weighted by Gasteiger charge is 2.52. The van der Waals surface area contributed by atoms with Gasteiger partial charge in [-0.3, -0.25) is 9.59 Å². The Morgan fingerprint density at radius 1 is 1.32 bits per heavy atom. The fourth-order valence-corrected chi connectivity index (χ4v) is 4.61. The van der Waals surface area contributed by atoms with E-state index >= 15 is 0 Å². The predicted octanol–water partition coefficient (Wildman–Crippen LogP) is 2.46. The maximum absolute atomic E-state index is 13.0. The van der Waals surface area contributed by atoms with Crippen LogP contribution in [0.15, 0.2) is 24.3 Å². The maximum Gasteiger partial charge on any atom is 0.308 e. The van der Waals surface area contributed by atoms with Crippen LogP contribution in [0.4, 0.5) is 0 Å². The van der Waals surface area contributed by atoms with E-state index in [1.165, 1.54) is 11.1 Å². The molecule has 2 heterocycles. The van der Waals surface area contributed by atoms with Crippen molar-refractivity contribution < 1.29 is 19.4 Å². The molecule has 0 radical (unpaired) electrons. The van der Waals surface area contributed by atoms with Crippen LogP contribution in [0.5, 0.6) is 5.75 Å². The SMILES string of the molecule is COc1ccc(C2=CCN(C(=O)C3NCC4(CC4)CC3C(=O)O)CC2)c(C)c1. The van der Waals surface area contributed by atoms with Crippen molar-refractivity contribution >= 4 is 17.4 Å². The zero-order valence-electron chi connectivity index (χ0n) is 16.5. The summed E-state index contributed by atoms with van der Waals surface area (Å²) in [7, 11) is 1.66. The first-order valence-corrected chi connectivity index (χ1v) is 10.0. The van der Waals surface area contributed by atoms with Crippen molar-refractivity contribution in [2.75, 3.05) is 26.7 Å². The van der Waals surface area contributed by atoms with Gasteiger partial charge in [0.05, 0.1) is 13.0 Å². The summed E-state index contributed by atoms with van der Waals surface area (Å²) >= 11 is 0. The van der Waals surface area contributed by atoms with Crippen LogP contribution in [0.1, 0.15) is 36.8 Å². The van der Waals surface area contributed by atoms with Crippen molar-refractivity contribution in [3.05, 3.63) is 35.4 Å². The topological polar surface area (TPSA) is 78.9 Å². The number of aliphatic carboxylic acids is 1. The Labute approximate surface area is 165 Å². The molecule has 2 N–H and O–H groups in total. The quantitative estimate of drug-likeness (QED) is 0.834. The summed E-state index contributed by atoms with van der Waals surface area (Å²) in [6.45, 7) is 3.96. The standard InChI is InChI=1S/C22H28N2O4/c1-14-11-16(28-2)3-4-17(14)15-5-9-24(10-6-15)20(25)19-18(21(26)27)12-22(7-8-22)13-23-19/h3-5,11,18-19,23H,6-10,12-13H2,1-2H3,(H,26,27). The van der Waals surface area contributed by atoms with Gasteiger partial charge in [0.15, 0.2) is 0 Å². The highest BCUT2D eigenvalue weighted by Crippen LogP contribution is 2.52. The van der Waals surface area contributed by atoms with Gasteiger partial charge in [-0.15, -0.1) is 0 Å². The summed E-state index contributed by atoms with van der Waals surface area (Å²) in [4.78, 5) is 26.6. The van der Waals surface area contributed by atoms with Crippen molar-refractivity contribution in [2.24, 2.45) is 11.3 Å². The van der Waals surface area contributed by atoms with E-state index in [-0.39, 0.29) is 11.3 Å². The number of methoxy groups -OCH3 is 1. The van der Waals surface area contributed by atoms with Gasteiger partial charge in [-0.1, -0.05) is 12.1 Å². The zero-order chi connectivity index (χ0) is 19.9. The summed E-state index contributed by atoms with van der Waals surface area (Å²) in [6, 6.07) is 5.43. The van der Waals surface area contributed by atoms with E-state index in [0.29, 0.717) is 19.5 Å². The van der Waals surface area contributed by atoms with Crippen LogP contribution in [0.25, 0.3) is 5.57 Å². The average Bonchev–Trinajstić information content (AvgIpc) is 3.46. The van der Waals surface area contributed by atoms with Crippen LogP contribution < -0.4 is 10.1 Å². The van der Waals surface area contributed by atoms with Gasteiger partial charge in [0.1, 0.15) is 11.8 Å². The minimum Gasteiger partial charge on any atom is -0.497 e. The lowest BCUT2D eigenvalue weighted by Gasteiger charge is -2.38. The molecule has 2 fully saturated rings. The Morgan fingerprint density at radius 2 is 2.11 bits per heavy atom. The van der Waals surface area contributed by atoms with Gasteiger partial charge in [0.25, 0.3) is 0 Å². The lowest BCUT2D eigenvalue weighted by Crippen LogP contribution is -2.57. The highest BCUT2D eigenvalue weighted by molar-refractivity contribution is 5.89. The number of nitrogens with zero attached hydrogens (tertiary/aromatic N) is 1. The fraction of sp³-hybridized carbons (Fsp3) is 0.545. The molecule has 0 aromatic heterocycles. The molecule has 2 atom stereocenters. The molecule has 6 heteroatoms. The molecule has 4 rings (SSSR count). The van der Waals surface area contributed by atoms with E-state index in [0.717, 1.165) is 37.1 Å². The molecule has 1 saturated heterocycles. The number of hydrogen-bond acceptors (Lipinski definition) is 4. The third-order valence-corrected chi connectivity index (χ3v) is 6.59. The summed E-state index contributed by atoms with van der Waals surface area (Å²) < 4.78 is 5.27. The van der Waals surface area contributed by atoms with Crippen LogP contribution in [0, 0.1) is 18.3 Å². The number of aryl methyl sites for hydroxylation is 1. The minimum absolute atomic E-state index is 0.0790. The molecule has 3 aliphatic rings. The molecule has 2 aliphatic heterocycles. The normalized spacial score (nSPS) is 25.9. The molecule has 150 valence electrons. The number of piperidine rings is 1. The molecule has 1 aromatic rings. The molecular formula is C22H28N2O4. The van der Waals surface area contributed by atoms with Crippen molar-refractivity contribution in [2.45, 2.75) is 38.6 Å². The number of ether oxygens (including phenoxy) is 1. The first kappa shape index (κ1) is 19.0. The first-order valence-electron chi connectivity index (χ1n) is 10.0. The number of carbonyl (C=O) groups excluding carboxylic acids is 1. The number of nitrogens with one attached hydrogen (secondary N) is 1. The van der Waals surface area contributed by atoms with Crippen molar-refractivity contribution in [3.8, 4) is 5.75 Å². The Bertz CT molecular complexity index is 828. The summed E-state index contributed by atoms with van der Waals surface area (Å²) in [5.41, 5.74) is 3.69. The van der Waals surface area contributed by atoms with Gasteiger partial charge in [0, 0.05) is 19.6 Å². The van der Waals surface area contributed by atoms with Gasteiger partial charge in [-0.05, 0) is 66.9 Å². The fourth-order valence-electron chi connectivity index (χ4n) is 4.61. The van der Waals surface area contributed by atoms with Crippen LogP contribution in [-0.2, 0) is 9.59 Å². The molecule has 1 aromatic carbocycles. The van der Waals surface area contributed by atoms with E-state index < -0.39 is 17.9 Å². The van der Waals surface area contributed by atoms with Crippen LogP contribution >= 0.6 is 0 Å². The van der Waals surface area contributed by atoms with Crippen molar-refractivity contribution in [3.63, 3.8) is 0 Å². The lowest BCUT2D eigenvalue weighted by atomic mass is 9.81. The van der Waals surface area contributed by atoms with E-state index in [4.69, 9.17) is 4.74 Å². The van der Waals surface area contributed by atoms with Gasteiger partial charge in [0.2, 0.25) is 5.91 Å². The number of carbonyl (C=O) groups is 2. The molecule has 1 spiro atoms. The smallest absolute Gasteiger partial charge is 0.308 e. The number of carboxylic acids is 1. The Hall–Kier alpha value is -2.34. The third kappa shape index (κ3) is 3.53. The molecular weight excluding hydrogens is 356 g/mol. The number of rotatable bonds is 4. The second kappa shape index (κ2) is 7.24. The largest absolute Gasteiger partial charge is 0.497 e. The van der Waals surface area contributed by atoms with Gasteiger partial charge >= 0.3 is 5.97 Å². The molecule has 2 unspecified atom stereocenters. The van der Waals surface area contributed by atoms with Gasteiger partial charge < -0.3 is 20.1 Å². The van der Waals surface area contributed by atoms with Crippen LogP contribution in [0.3, 0.4) is 0 Å². The monoisotopic (exact) mass is 384 g/mol. The highest BCUT2D eigenvalue weighted by atomic mass is 16.5. The Balaban J connectivity index is 1.45. The lowest BCUT2D eigenvalue weighted by molar-refractivity contribution is -0.150. The van der Waals surface area contributed by atoms with Crippen molar-refractivity contribution in [1.82, 2.24) is 10.2 Å². The molecule has 1 saturated carbocycles. The molecule has 28 heavy (non-hydrogen) atoms. The number of amides is 1. The van der Waals surface area contributed by atoms with E-state index in [2.05, 4.69) is 24.4 Å². The third-order valence-electron chi connectivity index (χ3n) is 6.59. The van der Waals surface area contributed by atoms with Crippen LogP contribution in [-0.4, -0.2) is 54.7 Å². The minimum atomic E-state index is -0.862. The van der Waals surface area contributed by atoms with Gasteiger partial charge in [-0.2, -0.15) is 0 Å². The van der Waals surface area contributed by atoms with E-state index in [1.54, 1.807) is 12.0 Å². The average molecular weight is 384 g/mol. The maximum atomic E-state index is 13.0. The molecule has 6 nitrogen and oxygen atoms in total. The molecule has 1 amide bonds. The number of carboxylic acid groups (broad SMARTS) is 1. The summed E-state index contributed by atoms with van der Waals surface area (Å²) in [5, 5.41) is 12.9. The van der Waals surface area contributed by atoms with Crippen LogP contribution in [0.2, 0.25) is 0 Å². The second-order valence-electron chi connectivity index (χ2n) is 8.45. The van der Waals surface area contributed by atoms with Crippen molar-refractivity contribution in [1.29, 1.82) is 0 Å². The summed E-state index contributed by atoms with van der Waals surface area (Å²) in [5.74, 6) is -0.729. The number of hydrogen-bond donors (Lipinski definition) is 2. The Morgan fingerprint density at radius 3 is 2.68 bits per heavy atom. The molecule has 1 aliphatic carbocycles. The Kier molecular flexibility index (Phi) is 4.91. The molecule has 0 bridgehead atoms. The zero-order valence-corrected chi connectivity index (χ0v) is 16.5. The van der Waals surface area contributed by atoms with E-state index in [1.807, 2.05) is 12.1 Å². The number of benzene rings is 1. The van der Waals surface area contributed by atoms with E-state index in [9.17, 15) is 14.7 Å². The summed E-state index contributed by atoms with van der Waals surface area (Å²) in [6.07, 6.45) is 5.62. The first-order chi connectivity index (χ1) is 13.4. The van der Waals surface area contributed by atoms with Gasteiger partial charge in [-0.25, -0.2) is 0 Å². The second-order valence-corrected chi connectivity index (χ2v) is 8.45. The predicted molar refractivity (Wildman–Crippen MR) is 106 cm³/mol.